The Morgan fingerprint density at radius 2 is 2.24 bits per heavy atom. The molecule has 2 aromatic rings. The second-order valence-corrected chi connectivity index (χ2v) is 8.48. The lowest BCUT2D eigenvalue weighted by Gasteiger charge is -2.34. The molecule has 2 aliphatic rings. The molecule has 4 rings (SSSR count). The molecule has 1 amide bonds. The van der Waals surface area contributed by atoms with Crippen LogP contribution in [0.1, 0.15) is 29.8 Å². The van der Waals surface area contributed by atoms with Crippen molar-refractivity contribution in [1.82, 2.24) is 24.6 Å². The summed E-state index contributed by atoms with van der Waals surface area (Å²) in [6, 6.07) is 0.645. The van der Waals surface area contributed by atoms with Crippen LogP contribution < -0.4 is 0 Å². The van der Waals surface area contributed by atoms with E-state index in [2.05, 4.69) is 22.0 Å². The zero-order chi connectivity index (χ0) is 17.4. The summed E-state index contributed by atoms with van der Waals surface area (Å²) in [6.45, 7) is 2.72. The van der Waals surface area contributed by atoms with Crippen LogP contribution in [-0.4, -0.2) is 56.7 Å². The predicted molar refractivity (Wildman–Crippen MR) is 97.1 cm³/mol. The van der Waals surface area contributed by atoms with E-state index in [0.717, 1.165) is 38.0 Å². The summed E-state index contributed by atoms with van der Waals surface area (Å²) >= 11 is 1.73. The standard InChI is InChI=1S/C18H25N5OS/c1-21(13-16-19-5-8-25-16)15-10-18(15)3-6-23(7-4-18)17(24)9-14-11-20-22(2)12-14/h5,8,11-12,15H,3-4,6-7,9-10,13H2,1-2H3/t15-/m1/s1. The first-order valence-corrected chi connectivity index (χ1v) is 9.78. The van der Waals surface area contributed by atoms with Gasteiger partial charge in [0.1, 0.15) is 5.01 Å². The van der Waals surface area contributed by atoms with E-state index in [4.69, 9.17) is 0 Å². The van der Waals surface area contributed by atoms with E-state index in [1.807, 2.05) is 29.7 Å². The van der Waals surface area contributed by atoms with E-state index < -0.39 is 0 Å². The third-order valence-corrected chi connectivity index (χ3v) is 6.54. The van der Waals surface area contributed by atoms with Gasteiger partial charge in [-0.3, -0.25) is 14.4 Å². The minimum absolute atomic E-state index is 0.233. The normalized spacial score (nSPS) is 21.9. The van der Waals surface area contributed by atoms with Gasteiger partial charge in [-0.25, -0.2) is 4.98 Å². The minimum Gasteiger partial charge on any atom is -0.342 e. The SMILES string of the molecule is CN(Cc1nccs1)[C@@H]1CC12CCN(C(=O)Cc1cnn(C)c1)CC2. The first-order valence-electron chi connectivity index (χ1n) is 8.90. The van der Waals surface area contributed by atoms with Gasteiger partial charge in [0.2, 0.25) is 5.91 Å². The van der Waals surface area contributed by atoms with Crippen LogP contribution >= 0.6 is 11.3 Å². The summed E-state index contributed by atoms with van der Waals surface area (Å²) < 4.78 is 1.75. The topological polar surface area (TPSA) is 54.3 Å². The Balaban J connectivity index is 1.28. The van der Waals surface area contributed by atoms with Crippen molar-refractivity contribution in [1.29, 1.82) is 0 Å². The number of piperidine rings is 1. The fourth-order valence-corrected chi connectivity index (χ4v) is 4.87. The first kappa shape index (κ1) is 16.7. The average Bonchev–Trinajstić information content (AvgIpc) is 2.92. The number of thiazole rings is 1. The number of rotatable bonds is 5. The van der Waals surface area contributed by atoms with Crippen LogP contribution in [0.25, 0.3) is 0 Å². The van der Waals surface area contributed by atoms with Crippen LogP contribution in [0.3, 0.4) is 0 Å². The number of hydrogen-bond acceptors (Lipinski definition) is 5. The maximum Gasteiger partial charge on any atom is 0.227 e. The van der Waals surface area contributed by atoms with Gasteiger partial charge in [-0.15, -0.1) is 11.3 Å². The first-order chi connectivity index (χ1) is 12.1. The van der Waals surface area contributed by atoms with Gasteiger partial charge in [-0.2, -0.15) is 5.10 Å². The van der Waals surface area contributed by atoms with Crippen LogP contribution in [0, 0.1) is 5.41 Å². The molecule has 6 nitrogen and oxygen atoms in total. The van der Waals surface area contributed by atoms with Gasteiger partial charge < -0.3 is 4.90 Å². The lowest BCUT2D eigenvalue weighted by Crippen LogP contribution is -2.41. The molecule has 7 heteroatoms. The Labute approximate surface area is 152 Å². The molecule has 0 bridgehead atoms. The van der Waals surface area contributed by atoms with Crippen molar-refractivity contribution in [2.75, 3.05) is 20.1 Å². The second-order valence-electron chi connectivity index (χ2n) is 7.50. The van der Waals surface area contributed by atoms with Crippen molar-refractivity contribution in [3.05, 3.63) is 34.5 Å². The molecule has 2 fully saturated rings. The molecule has 134 valence electrons. The summed E-state index contributed by atoms with van der Waals surface area (Å²) in [5, 5.41) is 7.37. The highest BCUT2D eigenvalue weighted by atomic mass is 32.1. The van der Waals surface area contributed by atoms with E-state index >= 15 is 0 Å². The van der Waals surface area contributed by atoms with E-state index in [0.29, 0.717) is 17.9 Å². The molecule has 1 atom stereocenters. The smallest absolute Gasteiger partial charge is 0.227 e. The number of hydrogen-bond donors (Lipinski definition) is 0. The van der Waals surface area contributed by atoms with Crippen LogP contribution in [0.15, 0.2) is 24.0 Å². The molecule has 0 N–H and O–H groups in total. The molecule has 3 heterocycles. The predicted octanol–water partition coefficient (Wildman–Crippen LogP) is 1.93. The van der Waals surface area contributed by atoms with Gasteiger partial charge in [0.15, 0.2) is 0 Å². The van der Waals surface area contributed by atoms with E-state index in [1.54, 1.807) is 22.2 Å². The van der Waals surface area contributed by atoms with Gasteiger partial charge in [0, 0.05) is 44.0 Å². The Hall–Kier alpha value is -1.73. The van der Waals surface area contributed by atoms with Gasteiger partial charge in [0.05, 0.1) is 19.2 Å². The van der Waals surface area contributed by atoms with Gasteiger partial charge in [-0.1, -0.05) is 0 Å². The van der Waals surface area contributed by atoms with Gasteiger partial charge in [-0.05, 0) is 37.3 Å². The largest absolute Gasteiger partial charge is 0.342 e. The van der Waals surface area contributed by atoms with Crippen LogP contribution in [0.2, 0.25) is 0 Å². The number of carbonyl (C=O) groups excluding carboxylic acids is 1. The van der Waals surface area contributed by atoms with E-state index in [1.165, 1.54) is 11.4 Å². The lowest BCUT2D eigenvalue weighted by molar-refractivity contribution is -0.132. The summed E-state index contributed by atoms with van der Waals surface area (Å²) in [7, 11) is 4.09. The van der Waals surface area contributed by atoms with Crippen molar-refractivity contribution >= 4 is 17.2 Å². The molecule has 2 aromatic heterocycles. The summed E-state index contributed by atoms with van der Waals surface area (Å²) in [6.07, 6.45) is 9.57. The lowest BCUT2D eigenvalue weighted by atomic mass is 9.92. The maximum absolute atomic E-state index is 12.5. The van der Waals surface area contributed by atoms with Crippen LogP contribution in [0.5, 0.6) is 0 Å². The average molecular weight is 359 g/mol. The molecule has 1 aliphatic carbocycles. The Bertz CT molecular complexity index is 732. The van der Waals surface area contributed by atoms with Crippen LogP contribution in [0.4, 0.5) is 0 Å². The van der Waals surface area contributed by atoms with Gasteiger partial charge >= 0.3 is 0 Å². The molecule has 1 spiro atoms. The molecule has 25 heavy (non-hydrogen) atoms. The zero-order valence-electron chi connectivity index (χ0n) is 14.9. The number of likely N-dealkylation sites (tertiary alicyclic amines) is 1. The number of aryl methyl sites for hydroxylation is 1. The molecular weight excluding hydrogens is 334 g/mol. The van der Waals surface area contributed by atoms with E-state index in [-0.39, 0.29) is 5.91 Å². The van der Waals surface area contributed by atoms with Crippen LogP contribution in [-0.2, 0) is 24.8 Å². The Kier molecular flexibility index (Phi) is 4.37. The number of nitrogens with zero attached hydrogens (tertiary/aromatic N) is 5. The highest BCUT2D eigenvalue weighted by Gasteiger charge is 2.56. The molecule has 1 saturated heterocycles. The quantitative estimate of drug-likeness (QED) is 0.819. The molecule has 0 aromatic carbocycles. The monoisotopic (exact) mass is 359 g/mol. The fraction of sp³-hybridized carbons (Fsp3) is 0.611. The van der Waals surface area contributed by atoms with Crippen molar-refractivity contribution in [2.24, 2.45) is 12.5 Å². The third-order valence-electron chi connectivity index (χ3n) is 5.77. The summed E-state index contributed by atoms with van der Waals surface area (Å²) in [4.78, 5) is 21.4. The highest BCUT2D eigenvalue weighted by molar-refractivity contribution is 7.09. The maximum atomic E-state index is 12.5. The van der Waals surface area contributed by atoms with Gasteiger partial charge in [0.25, 0.3) is 0 Å². The molecule has 1 saturated carbocycles. The third kappa shape index (κ3) is 3.48. The second kappa shape index (κ2) is 6.53. The van der Waals surface area contributed by atoms with Crippen molar-refractivity contribution in [2.45, 2.75) is 38.3 Å². The fourth-order valence-electron chi connectivity index (χ4n) is 4.19. The Morgan fingerprint density at radius 1 is 1.44 bits per heavy atom. The number of amides is 1. The van der Waals surface area contributed by atoms with E-state index in [9.17, 15) is 4.79 Å². The van der Waals surface area contributed by atoms with Crippen molar-refractivity contribution in [3.63, 3.8) is 0 Å². The van der Waals surface area contributed by atoms with Crippen molar-refractivity contribution in [3.8, 4) is 0 Å². The molecule has 1 aliphatic heterocycles. The summed E-state index contributed by atoms with van der Waals surface area (Å²) in [5.74, 6) is 0.233. The molecule has 0 radical (unpaired) electrons. The number of aromatic nitrogens is 3. The molecular formula is C18H25N5OS. The minimum atomic E-state index is 0.233. The molecule has 0 unspecified atom stereocenters. The zero-order valence-corrected chi connectivity index (χ0v) is 15.7. The summed E-state index contributed by atoms with van der Waals surface area (Å²) in [5.41, 5.74) is 1.43. The highest BCUT2D eigenvalue weighted by Crippen LogP contribution is 2.56. The van der Waals surface area contributed by atoms with Crippen molar-refractivity contribution < 1.29 is 4.79 Å². The Morgan fingerprint density at radius 3 is 2.88 bits per heavy atom. The number of carbonyl (C=O) groups is 1.